The van der Waals surface area contributed by atoms with Gasteiger partial charge >= 0.3 is 0 Å². The Labute approximate surface area is 193 Å². The molecule has 2 heterocycles. The van der Waals surface area contributed by atoms with E-state index >= 15 is 0 Å². The lowest BCUT2D eigenvalue weighted by atomic mass is 10.1. The molecule has 0 atom stereocenters. The molecule has 9 nitrogen and oxygen atoms in total. The van der Waals surface area contributed by atoms with Crippen LogP contribution in [-0.4, -0.2) is 49.6 Å². The lowest BCUT2D eigenvalue weighted by Gasteiger charge is -2.12. The van der Waals surface area contributed by atoms with Crippen LogP contribution in [0.4, 0.5) is 0 Å². The van der Waals surface area contributed by atoms with Gasteiger partial charge in [0.1, 0.15) is 0 Å². The minimum absolute atomic E-state index is 0.256. The Kier molecular flexibility index (Phi) is 6.36. The van der Waals surface area contributed by atoms with Crippen molar-refractivity contribution < 1.29 is 23.7 Å². The standard InChI is InChI=1S/C23H23N3O6S/c1-6-32-15-8-7-13(9-16(15)28-2)10-19-22(27)26-23(33-19)24-21(25-26)14-11-17(29-3)20(31-5)18(12-14)30-4/h7-12H,6H2,1-5H3/b19-10-. The van der Waals surface area contributed by atoms with Crippen LogP contribution in [0.25, 0.3) is 22.4 Å². The summed E-state index contributed by atoms with van der Waals surface area (Å²) in [6.45, 7) is 2.44. The van der Waals surface area contributed by atoms with E-state index in [1.807, 2.05) is 25.1 Å². The first-order valence-corrected chi connectivity index (χ1v) is 10.9. The van der Waals surface area contributed by atoms with E-state index in [1.54, 1.807) is 25.3 Å². The van der Waals surface area contributed by atoms with Crippen molar-refractivity contribution >= 4 is 22.4 Å². The van der Waals surface area contributed by atoms with Crippen molar-refractivity contribution in [1.29, 1.82) is 0 Å². The molecule has 0 fully saturated rings. The van der Waals surface area contributed by atoms with Gasteiger partial charge in [-0.1, -0.05) is 17.4 Å². The first-order chi connectivity index (χ1) is 16.0. The third-order valence-electron chi connectivity index (χ3n) is 4.89. The van der Waals surface area contributed by atoms with Gasteiger partial charge in [0.25, 0.3) is 5.56 Å². The Hall–Kier alpha value is -3.79. The number of hydrogen-bond donors (Lipinski definition) is 0. The molecule has 0 aliphatic carbocycles. The summed E-state index contributed by atoms with van der Waals surface area (Å²) in [5.74, 6) is 3.06. The highest BCUT2D eigenvalue weighted by atomic mass is 32.1. The van der Waals surface area contributed by atoms with E-state index in [0.717, 1.165) is 5.56 Å². The Bertz CT molecular complexity index is 1390. The predicted molar refractivity (Wildman–Crippen MR) is 125 cm³/mol. The van der Waals surface area contributed by atoms with Crippen LogP contribution in [0.15, 0.2) is 35.1 Å². The summed E-state index contributed by atoms with van der Waals surface area (Å²) in [7, 11) is 6.18. The zero-order valence-corrected chi connectivity index (χ0v) is 19.7. The molecule has 0 amide bonds. The van der Waals surface area contributed by atoms with Crippen molar-refractivity contribution in [1.82, 2.24) is 14.6 Å². The number of methoxy groups -OCH3 is 4. The highest BCUT2D eigenvalue weighted by molar-refractivity contribution is 7.15. The fraction of sp³-hybridized carbons (Fsp3) is 0.261. The van der Waals surface area contributed by atoms with Crippen LogP contribution in [0.2, 0.25) is 0 Å². The van der Waals surface area contributed by atoms with Gasteiger partial charge in [0.05, 0.1) is 39.6 Å². The molecular weight excluding hydrogens is 446 g/mol. The maximum Gasteiger partial charge on any atom is 0.291 e. The zero-order chi connectivity index (χ0) is 23.5. The molecule has 0 unspecified atom stereocenters. The summed E-state index contributed by atoms with van der Waals surface area (Å²) < 4.78 is 28.9. The van der Waals surface area contributed by atoms with Gasteiger partial charge in [-0.15, -0.1) is 5.10 Å². The summed E-state index contributed by atoms with van der Waals surface area (Å²) in [4.78, 5) is 18.0. The average molecular weight is 470 g/mol. The number of aromatic nitrogens is 3. The van der Waals surface area contributed by atoms with Gasteiger partial charge in [-0.25, -0.2) is 0 Å². The first-order valence-electron chi connectivity index (χ1n) is 10.0. The lowest BCUT2D eigenvalue weighted by molar-refractivity contribution is 0.311. The highest BCUT2D eigenvalue weighted by Gasteiger charge is 2.18. The monoisotopic (exact) mass is 469 g/mol. The van der Waals surface area contributed by atoms with Crippen molar-refractivity contribution in [2.75, 3.05) is 35.0 Å². The summed E-state index contributed by atoms with van der Waals surface area (Å²) in [5.41, 5.74) is 1.19. The molecule has 2 aromatic heterocycles. The maximum absolute atomic E-state index is 13.0. The molecule has 172 valence electrons. The SMILES string of the molecule is CCOc1ccc(/C=c2\sc3nc(-c4cc(OC)c(OC)c(OC)c4)nn3c2=O)cc1OC. The summed E-state index contributed by atoms with van der Waals surface area (Å²) in [6, 6.07) is 8.99. The quantitative estimate of drug-likeness (QED) is 0.389. The van der Waals surface area contributed by atoms with Crippen LogP contribution in [0, 0.1) is 0 Å². The van der Waals surface area contributed by atoms with Crippen LogP contribution in [0.1, 0.15) is 12.5 Å². The normalized spacial score (nSPS) is 11.6. The number of rotatable bonds is 8. The fourth-order valence-electron chi connectivity index (χ4n) is 3.37. The molecular formula is C23H23N3O6S. The number of hydrogen-bond acceptors (Lipinski definition) is 9. The number of ether oxygens (including phenoxy) is 5. The van der Waals surface area contributed by atoms with Crippen molar-refractivity contribution in [2.45, 2.75) is 6.92 Å². The fourth-order valence-corrected chi connectivity index (χ4v) is 4.27. The van der Waals surface area contributed by atoms with Crippen LogP contribution in [-0.2, 0) is 0 Å². The molecule has 0 saturated heterocycles. The zero-order valence-electron chi connectivity index (χ0n) is 18.9. The van der Waals surface area contributed by atoms with E-state index in [-0.39, 0.29) is 5.56 Å². The Morgan fingerprint density at radius 2 is 1.64 bits per heavy atom. The highest BCUT2D eigenvalue weighted by Crippen LogP contribution is 2.40. The van der Waals surface area contributed by atoms with Crippen LogP contribution in [0.3, 0.4) is 0 Å². The van der Waals surface area contributed by atoms with Gasteiger partial charge in [0.15, 0.2) is 28.8 Å². The number of nitrogens with zero attached hydrogens (tertiary/aromatic N) is 3. The molecule has 0 aliphatic rings. The van der Waals surface area contributed by atoms with Crippen molar-refractivity contribution in [2.24, 2.45) is 0 Å². The van der Waals surface area contributed by atoms with Gasteiger partial charge < -0.3 is 23.7 Å². The Morgan fingerprint density at radius 3 is 2.21 bits per heavy atom. The second kappa shape index (κ2) is 9.37. The Morgan fingerprint density at radius 1 is 0.939 bits per heavy atom. The van der Waals surface area contributed by atoms with Gasteiger partial charge in [0, 0.05) is 5.56 Å². The number of benzene rings is 2. The summed E-state index contributed by atoms with van der Waals surface area (Å²) in [5, 5.41) is 4.41. The second-order valence-electron chi connectivity index (χ2n) is 6.80. The number of thiazole rings is 1. The van der Waals surface area contributed by atoms with E-state index in [9.17, 15) is 4.79 Å². The molecule has 0 N–H and O–H groups in total. The molecule has 0 bridgehead atoms. The molecule has 10 heteroatoms. The van der Waals surface area contributed by atoms with E-state index < -0.39 is 0 Å². The average Bonchev–Trinajstić information content (AvgIpc) is 3.38. The minimum atomic E-state index is -0.256. The van der Waals surface area contributed by atoms with E-state index in [0.29, 0.717) is 56.2 Å². The van der Waals surface area contributed by atoms with E-state index in [1.165, 1.54) is 37.2 Å². The van der Waals surface area contributed by atoms with E-state index in [2.05, 4.69) is 10.1 Å². The lowest BCUT2D eigenvalue weighted by Crippen LogP contribution is -2.23. The van der Waals surface area contributed by atoms with Crippen molar-refractivity contribution in [3.8, 4) is 40.1 Å². The Balaban J connectivity index is 1.75. The van der Waals surface area contributed by atoms with Gasteiger partial charge in [0.2, 0.25) is 10.7 Å². The second-order valence-corrected chi connectivity index (χ2v) is 7.81. The van der Waals surface area contributed by atoms with Crippen LogP contribution in [0.5, 0.6) is 28.7 Å². The maximum atomic E-state index is 13.0. The molecule has 33 heavy (non-hydrogen) atoms. The summed E-state index contributed by atoms with van der Waals surface area (Å²) >= 11 is 1.25. The third kappa shape index (κ3) is 4.17. The molecule has 0 radical (unpaired) electrons. The molecule has 0 aliphatic heterocycles. The van der Waals surface area contributed by atoms with Gasteiger partial charge in [-0.2, -0.15) is 9.50 Å². The molecule has 2 aromatic carbocycles. The third-order valence-corrected chi connectivity index (χ3v) is 5.85. The van der Waals surface area contributed by atoms with Crippen molar-refractivity contribution in [3.63, 3.8) is 0 Å². The summed E-state index contributed by atoms with van der Waals surface area (Å²) in [6.07, 6.45) is 1.78. The molecule has 4 aromatic rings. The number of fused-ring (bicyclic) bond motifs is 1. The molecule has 0 saturated carbocycles. The molecule has 0 spiro atoms. The van der Waals surface area contributed by atoms with Gasteiger partial charge in [-0.3, -0.25) is 4.79 Å². The van der Waals surface area contributed by atoms with Crippen LogP contribution < -0.4 is 33.8 Å². The van der Waals surface area contributed by atoms with Crippen LogP contribution >= 0.6 is 11.3 Å². The largest absolute Gasteiger partial charge is 0.493 e. The first kappa shape index (κ1) is 22.4. The molecule has 4 rings (SSSR count). The predicted octanol–water partition coefficient (Wildman–Crippen LogP) is 2.80. The van der Waals surface area contributed by atoms with E-state index in [4.69, 9.17) is 23.7 Å². The topological polar surface area (TPSA) is 93.4 Å². The smallest absolute Gasteiger partial charge is 0.291 e. The van der Waals surface area contributed by atoms with Crippen molar-refractivity contribution in [3.05, 3.63) is 50.8 Å². The minimum Gasteiger partial charge on any atom is -0.493 e. The van der Waals surface area contributed by atoms with Gasteiger partial charge in [-0.05, 0) is 42.8 Å².